The summed E-state index contributed by atoms with van der Waals surface area (Å²) in [5.74, 6) is -0.612. The van der Waals surface area contributed by atoms with Crippen LogP contribution in [-0.2, 0) is 32.6 Å². The van der Waals surface area contributed by atoms with E-state index in [-0.39, 0.29) is 35.2 Å². The summed E-state index contributed by atoms with van der Waals surface area (Å²) >= 11 is 6.14. The number of methoxy groups -OCH3 is 1. The standard InChI is InChI=1S/C35H38ClN3O5S/c1-5-37-35(41)32(22-27-9-7-6-8-10-27)38(23-28-14-16-29(36)17-15-28)34(40)24-39(31-21-26(3)13-20-33(31)44-4)45(42,43)30-18-11-25(2)12-19-30/h6-21,32H,5,22-24H2,1-4H3,(H,37,41)/t32-/m0/s1. The molecule has 1 N–H and O–H groups in total. The van der Waals surface area contributed by atoms with E-state index in [4.69, 9.17) is 16.3 Å². The molecule has 0 spiro atoms. The van der Waals surface area contributed by atoms with Gasteiger partial charge in [0.15, 0.2) is 0 Å². The Kier molecular flexibility index (Phi) is 11.3. The fraction of sp³-hybridized carbons (Fsp3) is 0.257. The second-order valence-electron chi connectivity index (χ2n) is 10.7. The number of sulfonamides is 1. The molecule has 0 aromatic heterocycles. The van der Waals surface area contributed by atoms with Crippen molar-refractivity contribution in [3.63, 3.8) is 0 Å². The first-order valence-electron chi connectivity index (χ1n) is 14.6. The summed E-state index contributed by atoms with van der Waals surface area (Å²) in [6.07, 6.45) is 0.227. The van der Waals surface area contributed by atoms with Crippen molar-refractivity contribution in [1.29, 1.82) is 0 Å². The minimum absolute atomic E-state index is 0.0262. The number of ether oxygens (including phenoxy) is 1. The first-order chi connectivity index (χ1) is 21.5. The van der Waals surface area contributed by atoms with Gasteiger partial charge in [-0.15, -0.1) is 0 Å². The van der Waals surface area contributed by atoms with Crippen molar-refractivity contribution in [2.75, 3.05) is 24.5 Å². The van der Waals surface area contributed by atoms with Crippen LogP contribution in [0.3, 0.4) is 0 Å². The van der Waals surface area contributed by atoms with Crippen LogP contribution in [0.4, 0.5) is 5.69 Å². The zero-order valence-electron chi connectivity index (χ0n) is 25.9. The van der Waals surface area contributed by atoms with Gasteiger partial charge >= 0.3 is 0 Å². The summed E-state index contributed by atoms with van der Waals surface area (Å²) in [5, 5.41) is 3.39. The number of nitrogens with zero attached hydrogens (tertiary/aromatic N) is 2. The third kappa shape index (κ3) is 8.44. The van der Waals surface area contributed by atoms with Gasteiger partial charge < -0.3 is 15.0 Å². The zero-order chi connectivity index (χ0) is 32.6. The lowest BCUT2D eigenvalue weighted by Gasteiger charge is -2.34. The minimum atomic E-state index is -4.25. The molecule has 8 nitrogen and oxygen atoms in total. The predicted molar refractivity (Wildman–Crippen MR) is 178 cm³/mol. The Morgan fingerprint density at radius 3 is 2.13 bits per heavy atom. The molecular formula is C35H38ClN3O5S. The number of hydrogen-bond donors (Lipinski definition) is 1. The normalized spacial score (nSPS) is 11.8. The summed E-state index contributed by atoms with van der Waals surface area (Å²) in [7, 11) is -2.81. The van der Waals surface area contributed by atoms with Crippen LogP contribution in [0.1, 0.15) is 29.2 Å². The average Bonchev–Trinajstić information content (AvgIpc) is 3.03. The van der Waals surface area contributed by atoms with E-state index in [0.29, 0.717) is 11.6 Å². The predicted octanol–water partition coefficient (Wildman–Crippen LogP) is 5.94. The lowest BCUT2D eigenvalue weighted by Crippen LogP contribution is -2.53. The van der Waals surface area contributed by atoms with Gasteiger partial charge in [0.25, 0.3) is 10.0 Å². The molecular weight excluding hydrogens is 610 g/mol. The van der Waals surface area contributed by atoms with E-state index in [1.54, 1.807) is 54.6 Å². The summed E-state index contributed by atoms with van der Waals surface area (Å²) in [6.45, 7) is 5.34. The summed E-state index contributed by atoms with van der Waals surface area (Å²) < 4.78 is 35.2. The zero-order valence-corrected chi connectivity index (χ0v) is 27.4. The summed E-state index contributed by atoms with van der Waals surface area (Å²) in [6, 6.07) is 27.1. The molecule has 2 amide bonds. The van der Waals surface area contributed by atoms with Gasteiger partial charge in [0.05, 0.1) is 17.7 Å². The molecule has 236 valence electrons. The molecule has 0 heterocycles. The number of carbonyl (C=O) groups excluding carboxylic acids is 2. The van der Waals surface area contributed by atoms with Crippen molar-refractivity contribution in [3.8, 4) is 5.75 Å². The third-order valence-electron chi connectivity index (χ3n) is 7.38. The van der Waals surface area contributed by atoms with Crippen molar-refractivity contribution in [3.05, 3.63) is 124 Å². The lowest BCUT2D eigenvalue weighted by molar-refractivity contribution is -0.140. The Balaban J connectivity index is 1.84. The van der Waals surface area contributed by atoms with Gasteiger partial charge in [-0.3, -0.25) is 13.9 Å². The van der Waals surface area contributed by atoms with Crippen LogP contribution in [0.5, 0.6) is 5.75 Å². The van der Waals surface area contributed by atoms with Gasteiger partial charge in [-0.25, -0.2) is 8.42 Å². The topological polar surface area (TPSA) is 96.0 Å². The third-order valence-corrected chi connectivity index (χ3v) is 9.41. The Morgan fingerprint density at radius 1 is 0.867 bits per heavy atom. The molecule has 10 heteroatoms. The molecule has 0 saturated heterocycles. The average molecular weight is 648 g/mol. The quantitative estimate of drug-likeness (QED) is 0.194. The molecule has 0 fully saturated rings. The van der Waals surface area contributed by atoms with E-state index in [1.807, 2.05) is 51.1 Å². The number of anilines is 1. The molecule has 4 rings (SSSR count). The number of rotatable bonds is 13. The largest absolute Gasteiger partial charge is 0.495 e. The second-order valence-corrected chi connectivity index (χ2v) is 13.0. The van der Waals surface area contributed by atoms with Crippen LogP contribution in [-0.4, -0.2) is 51.4 Å². The number of nitrogens with one attached hydrogen (secondary N) is 1. The van der Waals surface area contributed by atoms with Crippen LogP contribution in [0.25, 0.3) is 0 Å². The van der Waals surface area contributed by atoms with Crippen LogP contribution in [0.15, 0.2) is 102 Å². The minimum Gasteiger partial charge on any atom is -0.495 e. The highest BCUT2D eigenvalue weighted by Crippen LogP contribution is 2.34. The lowest BCUT2D eigenvalue weighted by atomic mass is 10.0. The maximum atomic E-state index is 14.5. The van der Waals surface area contributed by atoms with Crippen molar-refractivity contribution >= 4 is 39.1 Å². The molecule has 0 radical (unpaired) electrons. The number of aryl methyl sites for hydroxylation is 2. The van der Waals surface area contributed by atoms with Crippen molar-refractivity contribution in [2.45, 2.75) is 44.7 Å². The molecule has 0 aliphatic heterocycles. The van der Waals surface area contributed by atoms with E-state index < -0.39 is 28.5 Å². The summed E-state index contributed by atoms with van der Waals surface area (Å²) in [4.78, 5) is 29.6. The van der Waals surface area contributed by atoms with E-state index in [9.17, 15) is 18.0 Å². The fourth-order valence-electron chi connectivity index (χ4n) is 4.98. The van der Waals surface area contributed by atoms with E-state index in [2.05, 4.69) is 5.32 Å². The Hall–Kier alpha value is -4.34. The van der Waals surface area contributed by atoms with Gasteiger partial charge in [-0.05, 0) is 73.9 Å². The van der Waals surface area contributed by atoms with Gasteiger partial charge in [0.1, 0.15) is 18.3 Å². The Bertz CT molecular complexity index is 1710. The second kappa shape index (κ2) is 15.1. The molecule has 0 bridgehead atoms. The highest BCUT2D eigenvalue weighted by Gasteiger charge is 2.35. The molecule has 0 aliphatic rings. The van der Waals surface area contributed by atoms with E-state index in [0.717, 1.165) is 26.6 Å². The van der Waals surface area contributed by atoms with Gasteiger partial charge in [-0.2, -0.15) is 0 Å². The van der Waals surface area contributed by atoms with Crippen molar-refractivity contribution in [2.24, 2.45) is 0 Å². The smallest absolute Gasteiger partial charge is 0.264 e. The number of hydrogen-bond acceptors (Lipinski definition) is 5. The number of amides is 2. The molecule has 1 atom stereocenters. The molecule has 4 aromatic carbocycles. The number of benzene rings is 4. The monoisotopic (exact) mass is 647 g/mol. The van der Waals surface area contributed by atoms with Gasteiger partial charge in [-0.1, -0.05) is 77.8 Å². The van der Waals surface area contributed by atoms with Gasteiger partial charge in [0.2, 0.25) is 11.8 Å². The molecule has 4 aromatic rings. The van der Waals surface area contributed by atoms with E-state index >= 15 is 0 Å². The first kappa shape index (κ1) is 33.6. The van der Waals surface area contributed by atoms with Gasteiger partial charge in [0, 0.05) is 24.5 Å². The maximum Gasteiger partial charge on any atom is 0.264 e. The highest BCUT2D eigenvalue weighted by atomic mass is 35.5. The molecule has 0 aliphatic carbocycles. The number of halogens is 1. The molecule has 0 saturated carbocycles. The van der Waals surface area contributed by atoms with Crippen LogP contribution in [0, 0.1) is 13.8 Å². The van der Waals surface area contributed by atoms with Crippen LogP contribution < -0.4 is 14.4 Å². The number of carbonyl (C=O) groups is 2. The molecule has 45 heavy (non-hydrogen) atoms. The van der Waals surface area contributed by atoms with Crippen molar-refractivity contribution < 1.29 is 22.7 Å². The Morgan fingerprint density at radius 2 is 1.51 bits per heavy atom. The number of likely N-dealkylation sites (N-methyl/N-ethyl adjacent to an activating group) is 1. The Labute approximate surface area is 270 Å². The summed E-state index contributed by atoms with van der Waals surface area (Å²) in [5.41, 5.74) is 3.48. The van der Waals surface area contributed by atoms with Crippen molar-refractivity contribution in [1.82, 2.24) is 10.2 Å². The van der Waals surface area contributed by atoms with E-state index in [1.165, 1.54) is 24.1 Å². The fourth-order valence-corrected chi connectivity index (χ4v) is 6.52. The highest BCUT2D eigenvalue weighted by molar-refractivity contribution is 7.92. The van der Waals surface area contributed by atoms with Crippen LogP contribution >= 0.6 is 11.6 Å². The maximum absolute atomic E-state index is 14.5. The molecule has 0 unspecified atom stereocenters. The van der Waals surface area contributed by atoms with Crippen LogP contribution in [0.2, 0.25) is 5.02 Å². The SMILES string of the molecule is CCNC(=O)[C@H](Cc1ccccc1)N(Cc1ccc(Cl)cc1)C(=O)CN(c1cc(C)ccc1OC)S(=O)(=O)c1ccc(C)cc1. The first-order valence-corrected chi connectivity index (χ1v) is 16.4.